The van der Waals surface area contributed by atoms with Crippen molar-refractivity contribution in [3.63, 3.8) is 0 Å². The van der Waals surface area contributed by atoms with Crippen molar-refractivity contribution in [1.82, 2.24) is 0 Å². The first-order valence-electron chi connectivity index (χ1n) is 8.25. The molecule has 1 atom stereocenters. The molecule has 0 aromatic heterocycles. The second kappa shape index (κ2) is 7.10. The summed E-state index contributed by atoms with van der Waals surface area (Å²) in [6.07, 6.45) is 0.653. The Morgan fingerprint density at radius 3 is 2.19 bits per heavy atom. The topological polar surface area (TPSA) is 15.6 Å². The molecule has 3 aromatic rings. The molecule has 0 amide bonds. The van der Waals surface area contributed by atoms with E-state index in [-0.39, 0.29) is 11.9 Å². The van der Waals surface area contributed by atoms with Crippen LogP contribution in [-0.4, -0.2) is 5.71 Å². The Morgan fingerprint density at radius 1 is 0.846 bits per heavy atom. The van der Waals surface area contributed by atoms with Gasteiger partial charge in [-0.05, 0) is 41.5 Å². The fourth-order valence-electron chi connectivity index (χ4n) is 3.17. The second-order valence-electron chi connectivity index (χ2n) is 6.09. The third-order valence-electron chi connectivity index (χ3n) is 4.45. The van der Waals surface area contributed by atoms with E-state index < -0.39 is 0 Å². The molecule has 26 heavy (non-hydrogen) atoms. The Kier molecular flexibility index (Phi) is 4.66. The van der Waals surface area contributed by atoms with E-state index >= 15 is 0 Å². The lowest BCUT2D eigenvalue weighted by atomic mass is 9.98. The van der Waals surface area contributed by atoms with E-state index in [2.05, 4.69) is 0 Å². The van der Waals surface area contributed by atoms with E-state index in [0.717, 1.165) is 22.5 Å². The van der Waals surface area contributed by atoms with Crippen molar-refractivity contribution in [3.8, 4) is 0 Å². The van der Waals surface area contributed by atoms with Crippen LogP contribution >= 0.6 is 23.2 Å². The van der Waals surface area contributed by atoms with Gasteiger partial charge in [-0.2, -0.15) is 5.10 Å². The molecule has 0 aliphatic carbocycles. The van der Waals surface area contributed by atoms with Crippen molar-refractivity contribution >= 4 is 34.6 Å². The number of benzene rings is 3. The zero-order chi connectivity index (χ0) is 18.1. The summed E-state index contributed by atoms with van der Waals surface area (Å²) in [5, 5.41) is 8.01. The molecular weight excluding hydrogens is 370 g/mol. The predicted molar refractivity (Wildman–Crippen MR) is 106 cm³/mol. The molecule has 0 spiro atoms. The van der Waals surface area contributed by atoms with Gasteiger partial charge in [-0.25, -0.2) is 4.39 Å². The van der Waals surface area contributed by atoms with Gasteiger partial charge in [0.25, 0.3) is 0 Å². The van der Waals surface area contributed by atoms with Crippen LogP contribution < -0.4 is 5.01 Å². The van der Waals surface area contributed by atoms with Crippen LogP contribution in [0.25, 0.3) is 0 Å². The van der Waals surface area contributed by atoms with Crippen LogP contribution in [0.15, 0.2) is 77.9 Å². The summed E-state index contributed by atoms with van der Waals surface area (Å²) in [4.78, 5) is 0. The Hall–Kier alpha value is -2.36. The minimum Gasteiger partial charge on any atom is -0.256 e. The van der Waals surface area contributed by atoms with E-state index in [4.69, 9.17) is 28.3 Å². The molecule has 0 saturated carbocycles. The molecule has 1 aliphatic heterocycles. The molecule has 1 aliphatic rings. The second-order valence-corrected chi connectivity index (χ2v) is 6.91. The smallest absolute Gasteiger partial charge is 0.123 e. The van der Waals surface area contributed by atoms with Crippen LogP contribution in [0.2, 0.25) is 10.0 Å². The lowest BCUT2D eigenvalue weighted by Gasteiger charge is -2.25. The Balaban J connectivity index is 1.80. The molecule has 0 bridgehead atoms. The number of anilines is 1. The van der Waals surface area contributed by atoms with Crippen molar-refractivity contribution < 1.29 is 4.39 Å². The highest BCUT2D eigenvalue weighted by atomic mass is 35.5. The SMILES string of the molecule is Fc1ccc(C2=NN(c3ccccc3Cl)C(c3ccccc3Cl)C2)cc1. The molecule has 4 rings (SSSR count). The van der Waals surface area contributed by atoms with Gasteiger partial charge in [-0.15, -0.1) is 0 Å². The Labute approximate surface area is 161 Å². The molecule has 1 unspecified atom stereocenters. The minimum absolute atomic E-state index is 0.0800. The first-order valence-corrected chi connectivity index (χ1v) is 9.00. The highest BCUT2D eigenvalue weighted by Gasteiger charge is 2.32. The van der Waals surface area contributed by atoms with E-state index in [0.29, 0.717) is 16.5 Å². The predicted octanol–water partition coefficient (Wildman–Crippen LogP) is 6.49. The van der Waals surface area contributed by atoms with Crippen LogP contribution in [-0.2, 0) is 0 Å². The fourth-order valence-corrected chi connectivity index (χ4v) is 3.66. The number of para-hydroxylation sites is 1. The number of nitrogens with zero attached hydrogens (tertiary/aromatic N) is 2. The minimum atomic E-state index is -0.266. The summed E-state index contributed by atoms with van der Waals surface area (Å²) < 4.78 is 13.3. The van der Waals surface area contributed by atoms with Gasteiger partial charge in [0, 0.05) is 11.4 Å². The largest absolute Gasteiger partial charge is 0.256 e. The number of hydrogen-bond donors (Lipinski definition) is 0. The summed E-state index contributed by atoms with van der Waals surface area (Å²) >= 11 is 12.9. The summed E-state index contributed by atoms with van der Waals surface area (Å²) in [6.45, 7) is 0. The zero-order valence-electron chi connectivity index (χ0n) is 13.7. The highest BCUT2D eigenvalue weighted by molar-refractivity contribution is 6.33. The quantitative estimate of drug-likeness (QED) is 0.503. The van der Waals surface area contributed by atoms with Crippen LogP contribution in [0.3, 0.4) is 0 Å². The van der Waals surface area contributed by atoms with Gasteiger partial charge in [-0.1, -0.05) is 65.7 Å². The average Bonchev–Trinajstić information content (AvgIpc) is 3.08. The van der Waals surface area contributed by atoms with Gasteiger partial charge in [0.1, 0.15) is 5.82 Å². The van der Waals surface area contributed by atoms with Crippen LogP contribution in [0, 0.1) is 5.82 Å². The number of hydrazone groups is 1. The van der Waals surface area contributed by atoms with Crippen LogP contribution in [0.5, 0.6) is 0 Å². The van der Waals surface area contributed by atoms with E-state index in [1.54, 1.807) is 12.1 Å². The van der Waals surface area contributed by atoms with E-state index in [1.165, 1.54) is 12.1 Å². The summed E-state index contributed by atoms with van der Waals surface area (Å²) in [5.41, 5.74) is 3.55. The molecule has 0 radical (unpaired) electrons. The summed E-state index contributed by atoms with van der Waals surface area (Å²) in [6, 6.07) is 21.6. The third-order valence-corrected chi connectivity index (χ3v) is 5.12. The molecule has 0 N–H and O–H groups in total. The molecule has 0 saturated heterocycles. The van der Waals surface area contributed by atoms with Crippen molar-refractivity contribution in [3.05, 3.63) is 99.8 Å². The number of halogens is 3. The normalized spacial score (nSPS) is 16.7. The number of rotatable bonds is 3. The van der Waals surface area contributed by atoms with Gasteiger partial charge in [0.15, 0.2) is 0 Å². The lowest BCUT2D eigenvalue weighted by Crippen LogP contribution is -2.19. The molecule has 2 nitrogen and oxygen atoms in total. The first-order chi connectivity index (χ1) is 12.6. The molecule has 5 heteroatoms. The van der Waals surface area contributed by atoms with E-state index in [9.17, 15) is 4.39 Å². The Bertz CT molecular complexity index is 970. The van der Waals surface area contributed by atoms with Gasteiger partial charge in [0.05, 0.1) is 22.5 Å². The maximum absolute atomic E-state index is 13.3. The number of hydrogen-bond acceptors (Lipinski definition) is 2. The molecule has 3 aromatic carbocycles. The van der Waals surface area contributed by atoms with Gasteiger partial charge in [-0.3, -0.25) is 5.01 Å². The zero-order valence-corrected chi connectivity index (χ0v) is 15.3. The van der Waals surface area contributed by atoms with Crippen molar-refractivity contribution in [2.75, 3.05) is 5.01 Å². The van der Waals surface area contributed by atoms with Crippen LogP contribution in [0.4, 0.5) is 10.1 Å². The fraction of sp³-hybridized carbons (Fsp3) is 0.0952. The van der Waals surface area contributed by atoms with Crippen molar-refractivity contribution in [2.24, 2.45) is 5.10 Å². The van der Waals surface area contributed by atoms with Gasteiger partial charge >= 0.3 is 0 Å². The molecular formula is C21H15Cl2FN2. The summed E-state index contributed by atoms with van der Waals surface area (Å²) in [5.74, 6) is -0.266. The maximum Gasteiger partial charge on any atom is 0.123 e. The average molecular weight is 385 g/mol. The van der Waals surface area contributed by atoms with Gasteiger partial charge < -0.3 is 0 Å². The third kappa shape index (κ3) is 3.20. The molecule has 130 valence electrons. The van der Waals surface area contributed by atoms with Crippen molar-refractivity contribution in [2.45, 2.75) is 12.5 Å². The first kappa shape index (κ1) is 17.1. The van der Waals surface area contributed by atoms with Crippen LogP contribution in [0.1, 0.15) is 23.6 Å². The monoisotopic (exact) mass is 384 g/mol. The highest BCUT2D eigenvalue weighted by Crippen LogP contribution is 2.41. The lowest BCUT2D eigenvalue weighted by molar-refractivity contribution is 0.627. The Morgan fingerprint density at radius 2 is 1.50 bits per heavy atom. The maximum atomic E-state index is 13.3. The molecule has 0 fully saturated rings. The summed E-state index contributed by atoms with van der Waals surface area (Å²) in [7, 11) is 0. The standard InChI is InChI=1S/C21H15Cl2FN2/c22-17-6-2-1-5-16(17)21-13-19(14-9-11-15(24)12-10-14)25-26(21)20-8-4-3-7-18(20)23/h1-12,21H,13H2. The molecule has 1 heterocycles. The van der Waals surface area contributed by atoms with E-state index in [1.807, 2.05) is 53.5 Å². The van der Waals surface area contributed by atoms with Gasteiger partial charge in [0.2, 0.25) is 0 Å². The van der Waals surface area contributed by atoms with Crippen molar-refractivity contribution in [1.29, 1.82) is 0 Å².